The van der Waals surface area contributed by atoms with E-state index < -0.39 is 6.29 Å². The summed E-state index contributed by atoms with van der Waals surface area (Å²) >= 11 is 0. The van der Waals surface area contributed by atoms with Crippen molar-refractivity contribution >= 4 is 5.95 Å². The summed E-state index contributed by atoms with van der Waals surface area (Å²) in [6.07, 6.45) is -0.127. The van der Waals surface area contributed by atoms with E-state index in [1.807, 2.05) is 39.0 Å². The summed E-state index contributed by atoms with van der Waals surface area (Å²) in [5.41, 5.74) is 4.14. The van der Waals surface area contributed by atoms with Crippen LogP contribution in [0.3, 0.4) is 0 Å². The number of aliphatic hydroxyl groups is 1. The molecule has 0 radical (unpaired) electrons. The summed E-state index contributed by atoms with van der Waals surface area (Å²) in [7, 11) is 0. The molecule has 0 saturated heterocycles. The molecule has 8 nitrogen and oxygen atoms in total. The molecule has 8 heteroatoms. The minimum absolute atomic E-state index is 0.351. The van der Waals surface area contributed by atoms with Crippen LogP contribution in [0.2, 0.25) is 0 Å². The highest BCUT2D eigenvalue weighted by Crippen LogP contribution is 2.31. The van der Waals surface area contributed by atoms with Gasteiger partial charge in [-0.25, -0.2) is 9.97 Å². The van der Waals surface area contributed by atoms with Gasteiger partial charge in [-0.1, -0.05) is 12.1 Å². The highest BCUT2D eigenvalue weighted by atomic mass is 16.6. The molecule has 1 N–H and O–H groups in total. The fraction of sp³-hybridized carbons (Fsp3) is 0.455. The van der Waals surface area contributed by atoms with E-state index >= 15 is 0 Å². The van der Waals surface area contributed by atoms with Gasteiger partial charge in [0.15, 0.2) is 6.29 Å². The number of anilines is 1. The molecule has 0 spiro atoms. The van der Waals surface area contributed by atoms with Crippen LogP contribution in [0.4, 0.5) is 5.95 Å². The van der Waals surface area contributed by atoms with Gasteiger partial charge in [-0.3, -0.25) is 0 Å². The van der Waals surface area contributed by atoms with E-state index in [-0.39, 0.29) is 0 Å². The number of rotatable bonds is 8. The topological polar surface area (TPSA) is 97.4 Å². The number of aryl methyl sites for hydroxylation is 3. The van der Waals surface area contributed by atoms with Gasteiger partial charge in [0, 0.05) is 24.3 Å². The van der Waals surface area contributed by atoms with E-state index in [0.29, 0.717) is 29.1 Å². The number of benzene rings is 1. The average Bonchev–Trinajstić information content (AvgIpc) is 3.20. The van der Waals surface area contributed by atoms with Gasteiger partial charge in [0.05, 0.1) is 0 Å². The molecule has 0 aliphatic heterocycles. The van der Waals surface area contributed by atoms with E-state index in [1.54, 1.807) is 6.92 Å². The molecule has 1 atom stereocenters. The Morgan fingerprint density at radius 3 is 2.43 bits per heavy atom. The first-order valence-corrected chi connectivity index (χ1v) is 10.3. The van der Waals surface area contributed by atoms with Gasteiger partial charge < -0.3 is 19.3 Å². The summed E-state index contributed by atoms with van der Waals surface area (Å²) in [4.78, 5) is 15.8. The van der Waals surface area contributed by atoms with Gasteiger partial charge in [0.25, 0.3) is 5.89 Å². The molecule has 0 aliphatic carbocycles. The van der Waals surface area contributed by atoms with E-state index in [9.17, 15) is 5.11 Å². The molecule has 1 aromatic carbocycles. The van der Waals surface area contributed by atoms with Gasteiger partial charge in [-0.15, -0.1) is 0 Å². The van der Waals surface area contributed by atoms with Crippen LogP contribution in [-0.2, 0) is 6.42 Å². The molecule has 3 rings (SSSR count). The van der Waals surface area contributed by atoms with Crippen LogP contribution >= 0.6 is 0 Å². The third-order valence-electron chi connectivity index (χ3n) is 4.81. The second kappa shape index (κ2) is 9.21. The summed E-state index contributed by atoms with van der Waals surface area (Å²) in [5, 5.41) is 13.8. The number of nitrogens with zero attached hydrogens (tertiary/aromatic N) is 5. The van der Waals surface area contributed by atoms with Gasteiger partial charge >= 0.3 is 0 Å². The molecule has 2 heterocycles. The highest BCUT2D eigenvalue weighted by molar-refractivity contribution is 5.63. The van der Waals surface area contributed by atoms with Crippen LogP contribution in [0.5, 0.6) is 5.75 Å². The standard InChI is InChI=1S/C22H29N5O3/c1-7-16-12-17(10-13(4)19(16)29-15(6)28)20-25-21(30-26-20)18-11-14(5)23-22(24-18)27(8-2)9-3/h10-12,15,28H,7-9H2,1-6H3. The predicted octanol–water partition coefficient (Wildman–Crippen LogP) is 3.94. The molecule has 0 aliphatic rings. The van der Waals surface area contributed by atoms with Crippen molar-refractivity contribution in [3.63, 3.8) is 0 Å². The van der Waals surface area contributed by atoms with Crippen molar-refractivity contribution in [2.24, 2.45) is 0 Å². The lowest BCUT2D eigenvalue weighted by Gasteiger charge is -2.18. The minimum Gasteiger partial charge on any atom is -0.465 e. The second-order valence-electron chi connectivity index (χ2n) is 7.14. The second-order valence-corrected chi connectivity index (χ2v) is 7.14. The lowest BCUT2D eigenvalue weighted by Crippen LogP contribution is -2.24. The summed E-state index contributed by atoms with van der Waals surface area (Å²) < 4.78 is 11.1. The Morgan fingerprint density at radius 2 is 1.80 bits per heavy atom. The van der Waals surface area contributed by atoms with Gasteiger partial charge in [-0.2, -0.15) is 4.98 Å². The zero-order valence-electron chi connectivity index (χ0n) is 18.4. The van der Waals surface area contributed by atoms with Gasteiger partial charge in [0.2, 0.25) is 11.8 Å². The largest absolute Gasteiger partial charge is 0.465 e. The number of hydrogen-bond acceptors (Lipinski definition) is 8. The van der Waals surface area contributed by atoms with Crippen molar-refractivity contribution in [1.29, 1.82) is 0 Å². The number of ether oxygens (including phenoxy) is 1. The van der Waals surface area contributed by atoms with Crippen LogP contribution in [0.1, 0.15) is 44.5 Å². The molecule has 1 unspecified atom stereocenters. The molecule has 0 amide bonds. The Balaban J connectivity index is 1.98. The lowest BCUT2D eigenvalue weighted by molar-refractivity contribution is -0.00147. The summed E-state index contributed by atoms with van der Waals surface area (Å²) in [6, 6.07) is 5.73. The Labute approximate surface area is 176 Å². The summed E-state index contributed by atoms with van der Waals surface area (Å²) in [5.74, 6) is 2.17. The van der Waals surface area contributed by atoms with Crippen molar-refractivity contribution < 1.29 is 14.4 Å². The van der Waals surface area contributed by atoms with Crippen molar-refractivity contribution in [2.45, 2.75) is 54.3 Å². The Kier molecular flexibility index (Phi) is 6.66. The fourth-order valence-corrected chi connectivity index (χ4v) is 3.33. The maximum Gasteiger partial charge on any atom is 0.277 e. The van der Waals surface area contributed by atoms with Crippen molar-refractivity contribution in [2.75, 3.05) is 18.0 Å². The highest BCUT2D eigenvalue weighted by Gasteiger charge is 2.18. The van der Waals surface area contributed by atoms with Crippen LogP contribution in [0.25, 0.3) is 23.0 Å². The van der Waals surface area contributed by atoms with Crippen molar-refractivity contribution in [3.05, 3.63) is 35.0 Å². The Morgan fingerprint density at radius 1 is 1.07 bits per heavy atom. The molecule has 30 heavy (non-hydrogen) atoms. The van der Waals surface area contributed by atoms with Crippen LogP contribution in [-0.4, -0.2) is 44.6 Å². The first-order valence-electron chi connectivity index (χ1n) is 10.3. The smallest absolute Gasteiger partial charge is 0.277 e. The monoisotopic (exact) mass is 411 g/mol. The molecule has 160 valence electrons. The quantitative estimate of drug-likeness (QED) is 0.557. The molecule has 3 aromatic rings. The molecule has 2 aromatic heterocycles. The zero-order chi connectivity index (χ0) is 21.8. The summed E-state index contributed by atoms with van der Waals surface area (Å²) in [6.45, 7) is 13.2. The van der Waals surface area contributed by atoms with E-state index in [1.165, 1.54) is 0 Å². The van der Waals surface area contributed by atoms with Crippen molar-refractivity contribution in [1.82, 2.24) is 20.1 Å². The van der Waals surface area contributed by atoms with Crippen LogP contribution in [0, 0.1) is 13.8 Å². The average molecular weight is 412 g/mol. The number of aliphatic hydroxyl groups excluding tert-OH is 1. The van der Waals surface area contributed by atoms with E-state index in [0.717, 1.165) is 41.9 Å². The minimum atomic E-state index is -0.877. The normalized spacial score (nSPS) is 12.1. The lowest BCUT2D eigenvalue weighted by atomic mass is 10.0. The maximum absolute atomic E-state index is 9.61. The Bertz CT molecular complexity index is 1010. The van der Waals surface area contributed by atoms with Gasteiger partial charge in [-0.05, 0) is 70.4 Å². The van der Waals surface area contributed by atoms with Crippen molar-refractivity contribution in [3.8, 4) is 28.7 Å². The maximum atomic E-state index is 9.61. The van der Waals surface area contributed by atoms with Crippen LogP contribution < -0.4 is 9.64 Å². The fourth-order valence-electron chi connectivity index (χ4n) is 3.33. The molecule has 0 bridgehead atoms. The molecular formula is C22H29N5O3. The SMILES string of the molecule is CCc1cc(-c2noc(-c3cc(C)nc(N(CC)CC)n3)n2)cc(C)c1OC(C)O. The number of hydrogen-bond donors (Lipinski definition) is 1. The molecular weight excluding hydrogens is 382 g/mol. The first kappa shape index (κ1) is 21.7. The third-order valence-corrected chi connectivity index (χ3v) is 4.81. The predicted molar refractivity (Wildman–Crippen MR) is 115 cm³/mol. The van der Waals surface area contributed by atoms with Gasteiger partial charge in [0.1, 0.15) is 11.4 Å². The third kappa shape index (κ3) is 4.59. The molecule has 0 saturated carbocycles. The van der Waals surface area contributed by atoms with E-state index in [2.05, 4.69) is 38.9 Å². The van der Waals surface area contributed by atoms with E-state index in [4.69, 9.17) is 9.26 Å². The zero-order valence-corrected chi connectivity index (χ0v) is 18.4. The molecule has 0 fully saturated rings. The Hall–Kier alpha value is -3.00. The number of aromatic nitrogens is 4. The first-order chi connectivity index (χ1) is 14.4. The van der Waals surface area contributed by atoms with Crippen LogP contribution in [0.15, 0.2) is 22.7 Å².